The lowest BCUT2D eigenvalue weighted by atomic mass is 10.2. The molecule has 1 atom stereocenters. The van der Waals surface area contributed by atoms with Crippen LogP contribution in [0.3, 0.4) is 0 Å². The minimum atomic E-state index is -4.06. The summed E-state index contributed by atoms with van der Waals surface area (Å²) in [6.45, 7) is 5.09. The highest BCUT2D eigenvalue weighted by atomic mass is 35.5. The third-order valence-corrected chi connectivity index (χ3v) is 8.18. The van der Waals surface area contributed by atoms with Gasteiger partial charge in [-0.15, -0.1) is 24.2 Å². The molecule has 1 aliphatic heterocycles. The summed E-state index contributed by atoms with van der Waals surface area (Å²) >= 11 is 7.39. The van der Waals surface area contributed by atoms with E-state index in [-0.39, 0.29) is 36.3 Å². The second-order valence-electron chi connectivity index (χ2n) is 6.97. The number of thioether (sulfide) groups is 1. The van der Waals surface area contributed by atoms with Gasteiger partial charge in [0.2, 0.25) is 5.91 Å². The van der Waals surface area contributed by atoms with Crippen LogP contribution in [0.15, 0.2) is 21.9 Å². The van der Waals surface area contributed by atoms with Crippen LogP contribution in [0, 0.1) is 6.92 Å². The number of aryl methyl sites for hydroxylation is 1. The number of nitrogens with zero attached hydrogens (tertiary/aromatic N) is 2. The molecular formula is C18H28Cl2N4O4S2. The van der Waals surface area contributed by atoms with E-state index in [1.807, 2.05) is 25.9 Å². The molecule has 3 amide bonds. The van der Waals surface area contributed by atoms with Crippen LogP contribution in [0.2, 0.25) is 5.02 Å². The molecule has 0 spiro atoms. The standard InChI is InChI=1S/C18H27ClN4O4S2.ClH/c1-5-14(17(24)20-6-8-22(3)4)28-15-11-13(19)12(2)10-16(15)29(26,27)23-9-7-21-18(23)25;/h10-11,14H,5-9H2,1-4H3,(H,20,24)(H,21,25);1H. The van der Waals surface area contributed by atoms with Crippen molar-refractivity contribution >= 4 is 57.7 Å². The normalized spacial score (nSPS) is 15.0. The predicted molar refractivity (Wildman–Crippen MR) is 122 cm³/mol. The molecule has 170 valence electrons. The first-order valence-electron chi connectivity index (χ1n) is 9.27. The summed E-state index contributed by atoms with van der Waals surface area (Å²) in [5.41, 5.74) is 0.581. The molecule has 30 heavy (non-hydrogen) atoms. The van der Waals surface area contributed by atoms with Crippen molar-refractivity contribution in [2.45, 2.75) is 35.3 Å². The van der Waals surface area contributed by atoms with Gasteiger partial charge >= 0.3 is 6.03 Å². The van der Waals surface area contributed by atoms with E-state index in [9.17, 15) is 18.0 Å². The molecule has 1 aromatic carbocycles. The lowest BCUT2D eigenvalue weighted by Crippen LogP contribution is -2.37. The smallest absolute Gasteiger partial charge is 0.331 e. The summed E-state index contributed by atoms with van der Waals surface area (Å²) < 4.78 is 27.1. The van der Waals surface area contributed by atoms with E-state index in [0.29, 0.717) is 35.0 Å². The fourth-order valence-electron chi connectivity index (χ4n) is 2.72. The molecule has 1 aliphatic rings. The molecule has 1 fully saturated rings. The highest BCUT2D eigenvalue weighted by molar-refractivity contribution is 8.01. The maximum atomic E-state index is 13.1. The Bertz CT molecular complexity index is 881. The predicted octanol–water partition coefficient (Wildman–Crippen LogP) is 2.33. The minimum Gasteiger partial charge on any atom is -0.354 e. The number of urea groups is 1. The number of halogens is 2. The van der Waals surface area contributed by atoms with Gasteiger partial charge in [-0.05, 0) is 45.1 Å². The van der Waals surface area contributed by atoms with Crippen molar-refractivity contribution in [2.75, 3.05) is 40.3 Å². The van der Waals surface area contributed by atoms with Gasteiger partial charge in [-0.25, -0.2) is 17.5 Å². The summed E-state index contributed by atoms with van der Waals surface area (Å²) in [6, 6.07) is 2.36. The average Bonchev–Trinajstić information content (AvgIpc) is 3.08. The molecule has 2 N–H and O–H groups in total. The SMILES string of the molecule is CCC(Sc1cc(Cl)c(C)cc1S(=O)(=O)N1CCNC1=O)C(=O)NCCN(C)C.Cl. The molecule has 2 rings (SSSR count). The second-order valence-corrected chi connectivity index (χ2v) is 10.4. The van der Waals surface area contributed by atoms with E-state index >= 15 is 0 Å². The number of sulfonamides is 1. The molecule has 1 saturated heterocycles. The average molecular weight is 499 g/mol. The quantitative estimate of drug-likeness (QED) is 0.506. The maximum absolute atomic E-state index is 13.1. The van der Waals surface area contributed by atoms with Crippen LogP contribution in [-0.2, 0) is 14.8 Å². The van der Waals surface area contributed by atoms with Crippen LogP contribution < -0.4 is 10.6 Å². The first kappa shape index (κ1) is 26.8. The lowest BCUT2D eigenvalue weighted by molar-refractivity contribution is -0.120. The van der Waals surface area contributed by atoms with Crippen LogP contribution in [0.4, 0.5) is 4.79 Å². The zero-order valence-electron chi connectivity index (χ0n) is 17.4. The summed E-state index contributed by atoms with van der Waals surface area (Å²) in [5.74, 6) is -0.168. The molecule has 8 nitrogen and oxygen atoms in total. The molecule has 0 aromatic heterocycles. The van der Waals surface area contributed by atoms with Gasteiger partial charge in [0.15, 0.2) is 0 Å². The monoisotopic (exact) mass is 498 g/mol. The highest BCUT2D eigenvalue weighted by Gasteiger charge is 2.35. The lowest BCUT2D eigenvalue weighted by Gasteiger charge is -2.21. The van der Waals surface area contributed by atoms with Gasteiger partial charge in [0.1, 0.15) is 4.90 Å². The van der Waals surface area contributed by atoms with Gasteiger partial charge in [0.05, 0.1) is 11.8 Å². The van der Waals surface area contributed by atoms with E-state index in [4.69, 9.17) is 11.6 Å². The van der Waals surface area contributed by atoms with Gasteiger partial charge < -0.3 is 15.5 Å². The Morgan fingerprint density at radius 3 is 2.60 bits per heavy atom. The second kappa shape index (κ2) is 11.4. The molecule has 0 aliphatic carbocycles. The Labute approximate surface area is 193 Å². The molecule has 0 bridgehead atoms. The maximum Gasteiger partial charge on any atom is 0.331 e. The summed E-state index contributed by atoms with van der Waals surface area (Å²) in [7, 11) is -0.232. The van der Waals surface area contributed by atoms with Crippen molar-refractivity contribution in [3.05, 3.63) is 22.7 Å². The Balaban J connectivity index is 0.00000450. The Kier molecular flexibility index (Phi) is 10.2. The topological polar surface area (TPSA) is 98.8 Å². The number of amides is 3. The van der Waals surface area contributed by atoms with Crippen molar-refractivity contribution < 1.29 is 18.0 Å². The van der Waals surface area contributed by atoms with E-state index < -0.39 is 21.3 Å². The summed E-state index contributed by atoms with van der Waals surface area (Å²) in [6.07, 6.45) is 0.508. The molecule has 1 aromatic rings. The third-order valence-electron chi connectivity index (χ3n) is 4.40. The van der Waals surface area contributed by atoms with E-state index in [0.717, 1.165) is 16.1 Å². The van der Waals surface area contributed by atoms with E-state index in [2.05, 4.69) is 10.6 Å². The van der Waals surface area contributed by atoms with Crippen LogP contribution in [-0.4, -0.2) is 75.1 Å². The van der Waals surface area contributed by atoms with Crippen molar-refractivity contribution in [3.8, 4) is 0 Å². The summed E-state index contributed by atoms with van der Waals surface area (Å²) in [5, 5.41) is 5.29. The number of likely N-dealkylation sites (N-methyl/N-ethyl adjacent to an activating group) is 1. The Hall–Kier alpha value is -1.20. The number of nitrogens with one attached hydrogen (secondary N) is 2. The van der Waals surface area contributed by atoms with Crippen LogP contribution in [0.25, 0.3) is 0 Å². The van der Waals surface area contributed by atoms with Gasteiger partial charge in [-0.3, -0.25) is 4.79 Å². The number of rotatable bonds is 9. The Morgan fingerprint density at radius 2 is 2.07 bits per heavy atom. The van der Waals surface area contributed by atoms with E-state index in [1.165, 1.54) is 6.07 Å². The molecule has 0 radical (unpaired) electrons. The molecule has 0 saturated carbocycles. The molecule has 1 unspecified atom stereocenters. The largest absolute Gasteiger partial charge is 0.354 e. The highest BCUT2D eigenvalue weighted by Crippen LogP contribution is 2.36. The summed E-state index contributed by atoms with van der Waals surface area (Å²) in [4.78, 5) is 26.8. The molecule has 12 heteroatoms. The number of hydrogen-bond donors (Lipinski definition) is 2. The number of carbonyl (C=O) groups excluding carboxylic acids is 2. The Morgan fingerprint density at radius 1 is 1.40 bits per heavy atom. The first-order valence-corrected chi connectivity index (χ1v) is 12.0. The van der Waals surface area contributed by atoms with Crippen molar-refractivity contribution in [1.29, 1.82) is 0 Å². The van der Waals surface area contributed by atoms with Crippen molar-refractivity contribution in [2.24, 2.45) is 0 Å². The van der Waals surface area contributed by atoms with Crippen molar-refractivity contribution in [3.63, 3.8) is 0 Å². The van der Waals surface area contributed by atoms with Gasteiger partial charge in [-0.2, -0.15) is 0 Å². The van der Waals surface area contributed by atoms with Gasteiger partial charge in [0.25, 0.3) is 10.0 Å². The zero-order valence-corrected chi connectivity index (χ0v) is 20.6. The van der Waals surface area contributed by atoms with Gasteiger partial charge in [0, 0.05) is 29.6 Å². The number of benzene rings is 1. The third kappa shape index (κ3) is 6.40. The fourth-order valence-corrected chi connectivity index (χ4v) is 5.93. The number of carbonyl (C=O) groups is 2. The van der Waals surface area contributed by atoms with Gasteiger partial charge in [-0.1, -0.05) is 18.5 Å². The number of hydrogen-bond acceptors (Lipinski definition) is 6. The molecular weight excluding hydrogens is 471 g/mol. The van der Waals surface area contributed by atoms with Crippen LogP contribution >= 0.6 is 35.8 Å². The fraction of sp³-hybridized carbons (Fsp3) is 0.556. The minimum absolute atomic E-state index is 0. The van der Waals surface area contributed by atoms with Crippen LogP contribution in [0.1, 0.15) is 18.9 Å². The van der Waals surface area contributed by atoms with Crippen molar-refractivity contribution in [1.82, 2.24) is 19.8 Å². The molecule has 1 heterocycles. The van der Waals surface area contributed by atoms with Crippen LogP contribution in [0.5, 0.6) is 0 Å². The first-order chi connectivity index (χ1) is 13.6. The van der Waals surface area contributed by atoms with E-state index in [1.54, 1.807) is 13.0 Å². The zero-order chi connectivity index (χ0) is 21.8.